The molecule has 0 aliphatic carbocycles. The molecule has 0 radical (unpaired) electrons. The van der Waals surface area contributed by atoms with Crippen LogP contribution in [0.5, 0.6) is 0 Å². The fourth-order valence-electron chi connectivity index (χ4n) is 2.07. The molecule has 3 nitrogen and oxygen atoms in total. The first-order valence-electron chi connectivity index (χ1n) is 7.20. The number of aromatic nitrogens is 1. The molecule has 1 heterocycles. The summed E-state index contributed by atoms with van der Waals surface area (Å²) >= 11 is 0. The molecular formula is C18H22N2O. The van der Waals surface area contributed by atoms with Crippen LogP contribution < -0.4 is 5.32 Å². The highest BCUT2D eigenvalue weighted by molar-refractivity contribution is 5.78. The molecule has 0 fully saturated rings. The monoisotopic (exact) mass is 282 g/mol. The third-order valence-electron chi connectivity index (χ3n) is 3.40. The second-order valence-electron chi connectivity index (χ2n) is 6.26. The highest BCUT2D eigenvalue weighted by Crippen LogP contribution is 2.22. The van der Waals surface area contributed by atoms with Gasteiger partial charge in [0, 0.05) is 18.9 Å². The molecule has 2 aromatic rings. The number of benzene rings is 1. The van der Waals surface area contributed by atoms with E-state index in [9.17, 15) is 4.79 Å². The van der Waals surface area contributed by atoms with Gasteiger partial charge in [-0.1, -0.05) is 51.1 Å². The standard InChI is InChI=1S/C18H22N2O/c1-18(2,3)16-8-6-14(7-9-16)11-17(21)20-13-15-5-4-10-19-12-15/h4-10,12H,11,13H2,1-3H3,(H,20,21). The molecule has 0 bridgehead atoms. The average Bonchev–Trinajstić information content (AvgIpc) is 2.46. The van der Waals surface area contributed by atoms with Gasteiger partial charge in [0.05, 0.1) is 6.42 Å². The van der Waals surface area contributed by atoms with Crippen LogP contribution in [0.3, 0.4) is 0 Å². The summed E-state index contributed by atoms with van der Waals surface area (Å²) in [4.78, 5) is 16.0. The number of nitrogens with zero attached hydrogens (tertiary/aromatic N) is 1. The zero-order valence-corrected chi connectivity index (χ0v) is 12.9. The van der Waals surface area contributed by atoms with E-state index in [1.165, 1.54) is 5.56 Å². The SMILES string of the molecule is CC(C)(C)c1ccc(CC(=O)NCc2cccnc2)cc1. The molecule has 3 heteroatoms. The fraction of sp³-hybridized carbons (Fsp3) is 0.333. The van der Waals surface area contributed by atoms with E-state index in [-0.39, 0.29) is 11.3 Å². The average molecular weight is 282 g/mol. The largest absolute Gasteiger partial charge is 0.352 e. The van der Waals surface area contributed by atoms with Crippen molar-refractivity contribution in [2.45, 2.75) is 39.2 Å². The fourth-order valence-corrected chi connectivity index (χ4v) is 2.07. The van der Waals surface area contributed by atoms with Crippen LogP contribution in [-0.2, 0) is 23.2 Å². The number of hydrogen-bond donors (Lipinski definition) is 1. The molecule has 0 saturated heterocycles. The summed E-state index contributed by atoms with van der Waals surface area (Å²) in [7, 11) is 0. The number of rotatable bonds is 4. The van der Waals surface area contributed by atoms with Crippen molar-refractivity contribution in [3.8, 4) is 0 Å². The predicted molar refractivity (Wildman–Crippen MR) is 84.9 cm³/mol. The molecule has 0 atom stereocenters. The lowest BCUT2D eigenvalue weighted by Crippen LogP contribution is -2.24. The minimum atomic E-state index is 0.0300. The van der Waals surface area contributed by atoms with Crippen molar-refractivity contribution in [3.05, 3.63) is 65.5 Å². The number of carbonyl (C=O) groups excluding carboxylic acids is 1. The van der Waals surface area contributed by atoms with Gasteiger partial charge in [-0.2, -0.15) is 0 Å². The van der Waals surface area contributed by atoms with E-state index in [1.807, 2.05) is 24.3 Å². The summed E-state index contributed by atoms with van der Waals surface area (Å²) in [5.41, 5.74) is 3.46. The number of amides is 1. The van der Waals surface area contributed by atoms with Gasteiger partial charge < -0.3 is 5.32 Å². The Kier molecular flexibility index (Phi) is 4.73. The summed E-state index contributed by atoms with van der Waals surface area (Å²) in [6.45, 7) is 7.07. The van der Waals surface area contributed by atoms with Crippen molar-refractivity contribution in [2.24, 2.45) is 0 Å². The molecule has 2 rings (SSSR count). The van der Waals surface area contributed by atoms with Crippen LogP contribution in [0.2, 0.25) is 0 Å². The van der Waals surface area contributed by atoms with Gasteiger partial charge in [-0.15, -0.1) is 0 Å². The summed E-state index contributed by atoms with van der Waals surface area (Å²) in [6.07, 6.45) is 3.89. The maximum absolute atomic E-state index is 11.9. The Bertz CT molecular complexity index is 583. The van der Waals surface area contributed by atoms with E-state index in [0.29, 0.717) is 13.0 Å². The van der Waals surface area contributed by atoms with E-state index in [1.54, 1.807) is 12.4 Å². The van der Waals surface area contributed by atoms with E-state index in [0.717, 1.165) is 11.1 Å². The van der Waals surface area contributed by atoms with Gasteiger partial charge >= 0.3 is 0 Å². The third kappa shape index (κ3) is 4.71. The molecule has 110 valence electrons. The number of nitrogens with one attached hydrogen (secondary N) is 1. The second-order valence-corrected chi connectivity index (χ2v) is 6.26. The lowest BCUT2D eigenvalue weighted by Gasteiger charge is -2.19. The highest BCUT2D eigenvalue weighted by Gasteiger charge is 2.13. The topological polar surface area (TPSA) is 42.0 Å². The van der Waals surface area contributed by atoms with E-state index in [2.05, 4.69) is 43.2 Å². The molecule has 1 aromatic heterocycles. The summed E-state index contributed by atoms with van der Waals surface area (Å²) in [6, 6.07) is 12.1. The van der Waals surface area contributed by atoms with Crippen LogP contribution in [0.1, 0.15) is 37.5 Å². The summed E-state index contributed by atoms with van der Waals surface area (Å²) < 4.78 is 0. The van der Waals surface area contributed by atoms with Crippen LogP contribution in [0, 0.1) is 0 Å². The van der Waals surface area contributed by atoms with Gasteiger partial charge in [-0.25, -0.2) is 0 Å². The lowest BCUT2D eigenvalue weighted by molar-refractivity contribution is -0.120. The van der Waals surface area contributed by atoms with Crippen molar-refractivity contribution in [1.82, 2.24) is 10.3 Å². The van der Waals surface area contributed by atoms with Crippen molar-refractivity contribution in [1.29, 1.82) is 0 Å². The smallest absolute Gasteiger partial charge is 0.224 e. The Morgan fingerprint density at radius 2 is 1.81 bits per heavy atom. The van der Waals surface area contributed by atoms with E-state index in [4.69, 9.17) is 0 Å². The zero-order valence-electron chi connectivity index (χ0n) is 12.9. The van der Waals surface area contributed by atoms with Gasteiger partial charge in [0.15, 0.2) is 0 Å². The van der Waals surface area contributed by atoms with Gasteiger partial charge in [-0.05, 0) is 28.2 Å². The van der Waals surface area contributed by atoms with Crippen molar-refractivity contribution >= 4 is 5.91 Å². The summed E-state index contributed by atoms with van der Waals surface area (Å²) in [5.74, 6) is 0.0300. The number of pyridine rings is 1. The summed E-state index contributed by atoms with van der Waals surface area (Å²) in [5, 5.41) is 2.91. The van der Waals surface area contributed by atoms with Crippen molar-refractivity contribution in [2.75, 3.05) is 0 Å². The molecular weight excluding hydrogens is 260 g/mol. The molecule has 0 unspecified atom stereocenters. The first kappa shape index (κ1) is 15.2. The van der Waals surface area contributed by atoms with E-state index < -0.39 is 0 Å². The van der Waals surface area contributed by atoms with Gasteiger partial charge in [-0.3, -0.25) is 9.78 Å². The first-order valence-corrected chi connectivity index (χ1v) is 7.20. The second kappa shape index (κ2) is 6.53. The molecule has 21 heavy (non-hydrogen) atoms. The van der Waals surface area contributed by atoms with Gasteiger partial charge in [0.2, 0.25) is 5.91 Å². The molecule has 1 aromatic carbocycles. The zero-order chi connectivity index (χ0) is 15.3. The molecule has 1 N–H and O–H groups in total. The van der Waals surface area contributed by atoms with Crippen LogP contribution in [0.25, 0.3) is 0 Å². The number of carbonyl (C=O) groups is 1. The third-order valence-corrected chi connectivity index (χ3v) is 3.40. The van der Waals surface area contributed by atoms with E-state index >= 15 is 0 Å². The Labute approximate surface area is 126 Å². The molecule has 1 amide bonds. The van der Waals surface area contributed by atoms with Gasteiger partial charge in [0.25, 0.3) is 0 Å². The molecule has 0 spiro atoms. The van der Waals surface area contributed by atoms with Crippen molar-refractivity contribution < 1.29 is 4.79 Å². The molecule has 0 aliphatic rings. The number of hydrogen-bond acceptors (Lipinski definition) is 2. The predicted octanol–water partition coefficient (Wildman–Crippen LogP) is 3.24. The minimum Gasteiger partial charge on any atom is -0.352 e. The first-order chi connectivity index (χ1) is 9.95. The molecule has 0 aliphatic heterocycles. The lowest BCUT2D eigenvalue weighted by atomic mass is 9.86. The van der Waals surface area contributed by atoms with Crippen LogP contribution >= 0.6 is 0 Å². The molecule has 0 saturated carbocycles. The Morgan fingerprint density at radius 3 is 2.38 bits per heavy atom. The Balaban J connectivity index is 1.88. The quantitative estimate of drug-likeness (QED) is 0.935. The Hall–Kier alpha value is -2.16. The maximum Gasteiger partial charge on any atom is 0.224 e. The Morgan fingerprint density at radius 1 is 1.10 bits per heavy atom. The van der Waals surface area contributed by atoms with Crippen LogP contribution in [0.4, 0.5) is 0 Å². The van der Waals surface area contributed by atoms with Gasteiger partial charge in [0.1, 0.15) is 0 Å². The van der Waals surface area contributed by atoms with Crippen LogP contribution in [0.15, 0.2) is 48.8 Å². The van der Waals surface area contributed by atoms with Crippen LogP contribution in [-0.4, -0.2) is 10.9 Å². The minimum absolute atomic E-state index is 0.0300. The van der Waals surface area contributed by atoms with Crippen molar-refractivity contribution in [3.63, 3.8) is 0 Å². The normalized spacial score (nSPS) is 11.2. The highest BCUT2D eigenvalue weighted by atomic mass is 16.1. The maximum atomic E-state index is 11.9.